The van der Waals surface area contributed by atoms with Crippen LogP contribution in [0.5, 0.6) is 0 Å². The van der Waals surface area contributed by atoms with Gasteiger partial charge in [-0.05, 0) is 36.8 Å². The second-order valence-corrected chi connectivity index (χ2v) is 5.56. The van der Waals surface area contributed by atoms with Crippen molar-refractivity contribution in [3.63, 3.8) is 0 Å². The molecule has 0 spiro atoms. The monoisotopic (exact) mass is 265 g/mol. The fraction of sp³-hybridized carbons (Fsp3) is 0.0769. The molecule has 0 amide bonds. The molecule has 1 N–H and O–H groups in total. The van der Waals surface area contributed by atoms with Crippen LogP contribution in [0.15, 0.2) is 53.4 Å². The number of hydrogen-bond donors (Lipinski definition) is 1. The van der Waals surface area contributed by atoms with Crippen molar-refractivity contribution in [2.75, 3.05) is 4.72 Å². The van der Waals surface area contributed by atoms with E-state index in [0.717, 1.165) is 0 Å². The van der Waals surface area contributed by atoms with Gasteiger partial charge in [0.2, 0.25) is 0 Å². The Labute approximate surface area is 105 Å². The second kappa shape index (κ2) is 4.78. The van der Waals surface area contributed by atoms with Gasteiger partial charge in [0.1, 0.15) is 10.7 Å². The molecule has 3 nitrogen and oxygen atoms in total. The first-order chi connectivity index (χ1) is 8.49. The van der Waals surface area contributed by atoms with E-state index in [2.05, 4.69) is 4.72 Å². The van der Waals surface area contributed by atoms with E-state index >= 15 is 0 Å². The van der Waals surface area contributed by atoms with Crippen LogP contribution in [0.25, 0.3) is 0 Å². The number of para-hydroxylation sites is 1. The molecule has 2 rings (SSSR count). The van der Waals surface area contributed by atoms with Gasteiger partial charge in [0.25, 0.3) is 10.0 Å². The molecule has 0 aliphatic rings. The third-order valence-electron chi connectivity index (χ3n) is 2.40. The highest BCUT2D eigenvalue weighted by Gasteiger charge is 2.18. The average molecular weight is 265 g/mol. The van der Waals surface area contributed by atoms with Crippen LogP contribution < -0.4 is 4.72 Å². The van der Waals surface area contributed by atoms with E-state index in [1.54, 1.807) is 43.3 Å². The van der Waals surface area contributed by atoms with Gasteiger partial charge in [0.05, 0.1) is 0 Å². The van der Waals surface area contributed by atoms with E-state index in [1.165, 1.54) is 12.1 Å². The molecule has 0 atom stereocenters. The summed E-state index contributed by atoms with van der Waals surface area (Å²) in [5.74, 6) is -0.751. The lowest BCUT2D eigenvalue weighted by Gasteiger charge is -2.09. The topological polar surface area (TPSA) is 46.2 Å². The molecule has 0 aromatic heterocycles. The van der Waals surface area contributed by atoms with Crippen molar-refractivity contribution < 1.29 is 12.8 Å². The number of hydrogen-bond acceptors (Lipinski definition) is 2. The fourth-order valence-corrected chi connectivity index (χ4v) is 2.66. The van der Waals surface area contributed by atoms with E-state index in [0.29, 0.717) is 11.3 Å². The summed E-state index contributed by atoms with van der Waals surface area (Å²) in [5, 5.41) is 0. The van der Waals surface area contributed by atoms with E-state index in [4.69, 9.17) is 0 Å². The van der Waals surface area contributed by atoms with Gasteiger partial charge >= 0.3 is 0 Å². The minimum Gasteiger partial charge on any atom is -0.280 e. The van der Waals surface area contributed by atoms with Crippen LogP contribution in [0.3, 0.4) is 0 Å². The van der Waals surface area contributed by atoms with Crippen LogP contribution in [-0.4, -0.2) is 8.42 Å². The van der Waals surface area contributed by atoms with Gasteiger partial charge in [-0.3, -0.25) is 4.72 Å². The van der Waals surface area contributed by atoms with Crippen LogP contribution in [0.2, 0.25) is 0 Å². The molecular weight excluding hydrogens is 253 g/mol. The minimum absolute atomic E-state index is 0.350. The van der Waals surface area contributed by atoms with Gasteiger partial charge in [0, 0.05) is 5.69 Å². The summed E-state index contributed by atoms with van der Waals surface area (Å²) >= 11 is 0. The van der Waals surface area contributed by atoms with Crippen molar-refractivity contribution in [1.29, 1.82) is 0 Å². The van der Waals surface area contributed by atoms with Crippen LogP contribution in [-0.2, 0) is 10.0 Å². The smallest absolute Gasteiger partial charge is 0.264 e. The number of anilines is 1. The van der Waals surface area contributed by atoms with Crippen molar-refractivity contribution in [2.45, 2.75) is 11.8 Å². The maximum atomic E-state index is 13.6. The third kappa shape index (κ3) is 2.68. The Morgan fingerprint density at radius 2 is 1.72 bits per heavy atom. The maximum absolute atomic E-state index is 13.6. The first kappa shape index (κ1) is 12.6. The lowest BCUT2D eigenvalue weighted by Crippen LogP contribution is -2.14. The van der Waals surface area contributed by atoms with Crippen molar-refractivity contribution >= 4 is 15.7 Å². The molecule has 0 radical (unpaired) electrons. The summed E-state index contributed by atoms with van der Waals surface area (Å²) in [5.41, 5.74) is 1.07. The molecule has 0 bridgehead atoms. The summed E-state index contributed by atoms with van der Waals surface area (Å²) in [6.45, 7) is 1.70. The predicted octanol–water partition coefficient (Wildman–Crippen LogP) is 2.93. The number of nitrogens with one attached hydrogen (secondary N) is 1. The Hall–Kier alpha value is -1.88. The van der Waals surface area contributed by atoms with Crippen LogP contribution in [0, 0.1) is 12.7 Å². The standard InChI is InChI=1S/C13H12FNO2S/c1-10-7-8-13(12(14)9-10)18(16,17)15-11-5-3-2-4-6-11/h2-9,15H,1H3. The van der Waals surface area contributed by atoms with Crippen molar-refractivity contribution in [2.24, 2.45) is 0 Å². The number of rotatable bonds is 3. The molecule has 0 fully saturated rings. The average Bonchev–Trinajstić information content (AvgIpc) is 2.29. The zero-order valence-corrected chi connectivity index (χ0v) is 10.5. The molecule has 0 saturated heterocycles. The van der Waals surface area contributed by atoms with Crippen LogP contribution in [0.1, 0.15) is 5.56 Å². The predicted molar refractivity (Wildman–Crippen MR) is 68.4 cm³/mol. The summed E-state index contributed by atoms with van der Waals surface area (Å²) < 4.78 is 39.9. The van der Waals surface area contributed by atoms with Crippen LogP contribution in [0.4, 0.5) is 10.1 Å². The third-order valence-corrected chi connectivity index (χ3v) is 3.82. The van der Waals surface area contributed by atoms with Gasteiger partial charge in [0.15, 0.2) is 0 Å². The Morgan fingerprint density at radius 3 is 2.33 bits per heavy atom. The molecule has 2 aromatic carbocycles. The van der Waals surface area contributed by atoms with Gasteiger partial charge in [-0.1, -0.05) is 24.3 Å². The molecule has 0 saturated carbocycles. The van der Waals surface area contributed by atoms with Gasteiger partial charge < -0.3 is 0 Å². The largest absolute Gasteiger partial charge is 0.280 e. The number of sulfonamides is 1. The van der Waals surface area contributed by atoms with Crippen molar-refractivity contribution in [3.8, 4) is 0 Å². The lowest BCUT2D eigenvalue weighted by molar-refractivity contribution is 0.569. The zero-order chi connectivity index (χ0) is 13.2. The first-order valence-corrected chi connectivity index (χ1v) is 6.81. The van der Waals surface area contributed by atoms with Crippen molar-refractivity contribution in [3.05, 3.63) is 59.9 Å². The SMILES string of the molecule is Cc1ccc(S(=O)(=O)Nc2ccccc2)c(F)c1. The Kier molecular flexibility index (Phi) is 3.34. The highest BCUT2D eigenvalue weighted by Crippen LogP contribution is 2.19. The highest BCUT2D eigenvalue weighted by molar-refractivity contribution is 7.92. The Morgan fingerprint density at radius 1 is 1.06 bits per heavy atom. The molecule has 0 heterocycles. The zero-order valence-electron chi connectivity index (χ0n) is 9.72. The molecule has 2 aromatic rings. The number of aryl methyl sites for hydroxylation is 1. The second-order valence-electron chi connectivity index (χ2n) is 3.91. The molecule has 18 heavy (non-hydrogen) atoms. The van der Waals surface area contributed by atoms with Crippen molar-refractivity contribution in [1.82, 2.24) is 0 Å². The lowest BCUT2D eigenvalue weighted by atomic mass is 10.2. The Bertz CT molecular complexity index is 654. The summed E-state index contributed by atoms with van der Waals surface area (Å²) in [6, 6.07) is 12.4. The molecule has 94 valence electrons. The number of benzene rings is 2. The summed E-state index contributed by atoms with van der Waals surface area (Å²) in [4.78, 5) is -0.350. The van der Waals surface area contributed by atoms with E-state index in [1.807, 2.05) is 0 Å². The Balaban J connectivity index is 2.37. The van der Waals surface area contributed by atoms with E-state index in [9.17, 15) is 12.8 Å². The quantitative estimate of drug-likeness (QED) is 0.927. The first-order valence-electron chi connectivity index (χ1n) is 5.33. The molecule has 5 heteroatoms. The molecular formula is C13H12FNO2S. The highest BCUT2D eigenvalue weighted by atomic mass is 32.2. The number of halogens is 1. The minimum atomic E-state index is -3.89. The molecule has 0 aliphatic heterocycles. The van der Waals surface area contributed by atoms with Gasteiger partial charge in [-0.15, -0.1) is 0 Å². The molecule has 0 unspecified atom stereocenters. The van der Waals surface area contributed by atoms with Crippen LogP contribution >= 0.6 is 0 Å². The normalized spacial score (nSPS) is 11.2. The van der Waals surface area contributed by atoms with E-state index < -0.39 is 15.8 Å². The van der Waals surface area contributed by atoms with Gasteiger partial charge in [-0.25, -0.2) is 12.8 Å². The maximum Gasteiger partial charge on any atom is 0.264 e. The van der Waals surface area contributed by atoms with E-state index in [-0.39, 0.29) is 4.90 Å². The fourth-order valence-electron chi connectivity index (χ4n) is 1.54. The summed E-state index contributed by atoms with van der Waals surface area (Å²) in [7, 11) is -3.89. The summed E-state index contributed by atoms with van der Waals surface area (Å²) in [6.07, 6.45) is 0. The van der Waals surface area contributed by atoms with Gasteiger partial charge in [-0.2, -0.15) is 0 Å². The molecule has 0 aliphatic carbocycles.